The largest absolute Gasteiger partial charge is 0.339 e. The molecule has 0 aliphatic carbocycles. The van der Waals surface area contributed by atoms with Crippen LogP contribution in [0.2, 0.25) is 0 Å². The first-order valence-electron chi connectivity index (χ1n) is 9.18. The third-order valence-corrected chi connectivity index (χ3v) is 4.72. The molecule has 2 aromatic heterocycles. The van der Waals surface area contributed by atoms with Gasteiger partial charge in [-0.1, -0.05) is 12.1 Å². The first-order chi connectivity index (χ1) is 12.1. The van der Waals surface area contributed by atoms with Gasteiger partial charge in [0.05, 0.1) is 18.3 Å². The molecule has 1 aliphatic heterocycles. The standard InChI is InChI=1S/C18H27N5O2/c1-4-6-16-19-17(25-21-16)8-9-18(24)22-10-5-7-15(22)12-23-14(3)11-13(2)20-23/h11,15H,4-10,12H2,1-3H3/t15-/m0/s1. The number of carbonyl (C=O) groups excluding carboxylic acids is 1. The molecular formula is C18H27N5O2. The fourth-order valence-electron chi connectivity index (χ4n) is 3.49. The van der Waals surface area contributed by atoms with E-state index in [0.717, 1.165) is 56.0 Å². The minimum absolute atomic E-state index is 0.166. The number of aromatic nitrogens is 4. The molecule has 0 saturated carbocycles. The molecule has 25 heavy (non-hydrogen) atoms. The van der Waals surface area contributed by atoms with E-state index in [0.29, 0.717) is 18.7 Å². The van der Waals surface area contributed by atoms with Crippen molar-refractivity contribution < 1.29 is 9.32 Å². The summed E-state index contributed by atoms with van der Waals surface area (Å²) < 4.78 is 7.24. The van der Waals surface area contributed by atoms with Crippen LogP contribution in [0.3, 0.4) is 0 Å². The molecule has 136 valence electrons. The van der Waals surface area contributed by atoms with Crippen LogP contribution in [0.25, 0.3) is 0 Å². The molecule has 7 heteroatoms. The van der Waals surface area contributed by atoms with Crippen LogP contribution in [0.4, 0.5) is 0 Å². The van der Waals surface area contributed by atoms with Crippen molar-refractivity contribution in [1.29, 1.82) is 0 Å². The van der Waals surface area contributed by atoms with Gasteiger partial charge in [-0.2, -0.15) is 10.1 Å². The van der Waals surface area contributed by atoms with Gasteiger partial charge in [-0.05, 0) is 39.2 Å². The number of likely N-dealkylation sites (tertiary alicyclic amines) is 1. The molecule has 0 unspecified atom stereocenters. The quantitative estimate of drug-likeness (QED) is 0.770. The summed E-state index contributed by atoms with van der Waals surface area (Å²) in [4.78, 5) is 19.0. The van der Waals surface area contributed by atoms with Crippen LogP contribution in [-0.4, -0.2) is 43.3 Å². The third kappa shape index (κ3) is 4.27. The highest BCUT2D eigenvalue weighted by Crippen LogP contribution is 2.21. The van der Waals surface area contributed by atoms with Gasteiger partial charge in [0.1, 0.15) is 0 Å². The monoisotopic (exact) mass is 345 g/mol. The molecule has 1 fully saturated rings. The van der Waals surface area contributed by atoms with Gasteiger partial charge in [0.15, 0.2) is 5.82 Å². The summed E-state index contributed by atoms with van der Waals surface area (Å²) in [6.07, 6.45) is 4.82. The van der Waals surface area contributed by atoms with E-state index in [9.17, 15) is 4.79 Å². The lowest BCUT2D eigenvalue weighted by Gasteiger charge is -2.25. The molecule has 0 radical (unpaired) electrons. The van der Waals surface area contributed by atoms with E-state index in [4.69, 9.17) is 4.52 Å². The molecule has 1 aliphatic rings. The topological polar surface area (TPSA) is 77.0 Å². The molecule has 0 aromatic carbocycles. The Morgan fingerprint density at radius 3 is 2.92 bits per heavy atom. The molecule has 7 nitrogen and oxygen atoms in total. The van der Waals surface area contributed by atoms with Gasteiger partial charge in [-0.3, -0.25) is 9.48 Å². The zero-order valence-corrected chi connectivity index (χ0v) is 15.4. The maximum Gasteiger partial charge on any atom is 0.227 e. The van der Waals surface area contributed by atoms with Crippen LogP contribution in [0.15, 0.2) is 10.6 Å². The lowest BCUT2D eigenvalue weighted by atomic mass is 10.2. The van der Waals surface area contributed by atoms with Gasteiger partial charge >= 0.3 is 0 Å². The molecule has 3 heterocycles. The van der Waals surface area contributed by atoms with Gasteiger partial charge < -0.3 is 9.42 Å². The van der Waals surface area contributed by atoms with Gasteiger partial charge in [-0.25, -0.2) is 0 Å². The second-order valence-electron chi connectivity index (χ2n) is 6.85. The maximum atomic E-state index is 12.6. The van der Waals surface area contributed by atoms with Crippen LogP contribution >= 0.6 is 0 Å². The number of hydrogen-bond donors (Lipinski definition) is 0. The Balaban J connectivity index is 1.55. The first kappa shape index (κ1) is 17.6. The number of carbonyl (C=O) groups is 1. The normalized spacial score (nSPS) is 17.4. The van der Waals surface area contributed by atoms with Crippen LogP contribution in [0, 0.1) is 13.8 Å². The van der Waals surface area contributed by atoms with Crippen molar-refractivity contribution in [2.45, 2.75) is 71.9 Å². The summed E-state index contributed by atoms with van der Waals surface area (Å²) in [6, 6.07) is 2.30. The van der Waals surface area contributed by atoms with Crippen molar-refractivity contribution in [3.8, 4) is 0 Å². The lowest BCUT2D eigenvalue weighted by Crippen LogP contribution is -2.38. The number of amides is 1. The Bertz CT molecular complexity index is 721. The molecule has 1 atom stereocenters. The summed E-state index contributed by atoms with van der Waals surface area (Å²) >= 11 is 0. The molecule has 0 bridgehead atoms. The molecule has 1 saturated heterocycles. The third-order valence-electron chi connectivity index (χ3n) is 4.72. The number of aryl methyl sites for hydroxylation is 4. The van der Waals surface area contributed by atoms with E-state index in [1.807, 2.05) is 16.5 Å². The van der Waals surface area contributed by atoms with Crippen molar-refractivity contribution in [2.75, 3.05) is 6.54 Å². The number of hydrogen-bond acceptors (Lipinski definition) is 5. The smallest absolute Gasteiger partial charge is 0.227 e. The molecule has 0 N–H and O–H groups in total. The zero-order valence-electron chi connectivity index (χ0n) is 15.4. The van der Waals surface area contributed by atoms with Gasteiger partial charge in [0.25, 0.3) is 0 Å². The Morgan fingerprint density at radius 2 is 2.20 bits per heavy atom. The molecule has 3 rings (SSSR count). The summed E-state index contributed by atoms with van der Waals surface area (Å²) in [5.74, 6) is 1.46. The highest BCUT2D eigenvalue weighted by Gasteiger charge is 2.29. The lowest BCUT2D eigenvalue weighted by molar-refractivity contribution is -0.132. The van der Waals surface area contributed by atoms with Crippen LogP contribution in [0.5, 0.6) is 0 Å². The van der Waals surface area contributed by atoms with Crippen LogP contribution in [-0.2, 0) is 24.2 Å². The Morgan fingerprint density at radius 1 is 1.36 bits per heavy atom. The van der Waals surface area contributed by atoms with Crippen LogP contribution < -0.4 is 0 Å². The zero-order chi connectivity index (χ0) is 17.8. The second-order valence-corrected chi connectivity index (χ2v) is 6.85. The van der Waals surface area contributed by atoms with E-state index >= 15 is 0 Å². The van der Waals surface area contributed by atoms with E-state index in [1.54, 1.807) is 0 Å². The fourth-order valence-corrected chi connectivity index (χ4v) is 3.49. The van der Waals surface area contributed by atoms with E-state index in [-0.39, 0.29) is 11.9 Å². The van der Waals surface area contributed by atoms with E-state index < -0.39 is 0 Å². The summed E-state index contributed by atoms with van der Waals surface area (Å²) in [5.41, 5.74) is 2.17. The summed E-state index contributed by atoms with van der Waals surface area (Å²) in [6.45, 7) is 7.74. The van der Waals surface area contributed by atoms with Gasteiger partial charge in [0.2, 0.25) is 11.8 Å². The van der Waals surface area contributed by atoms with Crippen LogP contribution in [0.1, 0.15) is 55.7 Å². The highest BCUT2D eigenvalue weighted by atomic mass is 16.5. The molecule has 1 amide bonds. The SMILES string of the molecule is CCCc1noc(CCC(=O)N2CCC[C@H]2Cn2nc(C)cc2C)n1. The van der Waals surface area contributed by atoms with Gasteiger partial charge in [0, 0.05) is 31.5 Å². The Hall–Kier alpha value is -2.18. The van der Waals surface area contributed by atoms with E-state index in [2.05, 4.69) is 35.2 Å². The minimum Gasteiger partial charge on any atom is -0.339 e. The van der Waals surface area contributed by atoms with E-state index in [1.165, 1.54) is 0 Å². The summed E-state index contributed by atoms with van der Waals surface area (Å²) in [7, 11) is 0. The highest BCUT2D eigenvalue weighted by molar-refractivity contribution is 5.77. The predicted molar refractivity (Wildman–Crippen MR) is 93.1 cm³/mol. The fraction of sp³-hybridized carbons (Fsp3) is 0.667. The number of rotatable bonds is 7. The van der Waals surface area contributed by atoms with Crippen molar-refractivity contribution in [3.63, 3.8) is 0 Å². The number of nitrogens with zero attached hydrogens (tertiary/aromatic N) is 5. The summed E-state index contributed by atoms with van der Waals surface area (Å²) in [5, 5.41) is 8.47. The Kier molecular flexibility index (Phi) is 5.50. The first-order valence-corrected chi connectivity index (χ1v) is 9.18. The van der Waals surface area contributed by atoms with Crippen molar-refractivity contribution in [3.05, 3.63) is 29.2 Å². The van der Waals surface area contributed by atoms with Crippen molar-refractivity contribution >= 4 is 5.91 Å². The second kappa shape index (κ2) is 7.80. The minimum atomic E-state index is 0.166. The van der Waals surface area contributed by atoms with Crippen molar-refractivity contribution in [2.24, 2.45) is 0 Å². The van der Waals surface area contributed by atoms with Crippen molar-refractivity contribution in [1.82, 2.24) is 24.8 Å². The average Bonchev–Trinajstić information content (AvgIpc) is 3.28. The van der Waals surface area contributed by atoms with Gasteiger partial charge in [-0.15, -0.1) is 0 Å². The Labute approximate surface area is 148 Å². The maximum absolute atomic E-state index is 12.6. The molecule has 2 aromatic rings. The average molecular weight is 345 g/mol. The molecular weight excluding hydrogens is 318 g/mol. The predicted octanol–water partition coefficient (Wildman–Crippen LogP) is 2.46. The molecule has 0 spiro atoms.